The van der Waals surface area contributed by atoms with Crippen LogP contribution in [0.2, 0.25) is 0 Å². The second-order valence-electron chi connectivity index (χ2n) is 4.72. The number of hydrogen-bond acceptors (Lipinski definition) is 4. The highest BCUT2D eigenvalue weighted by atomic mass is 16.4. The average Bonchev–Trinajstić information content (AvgIpc) is 2.84. The van der Waals surface area contributed by atoms with Gasteiger partial charge < -0.3 is 15.3 Å². The van der Waals surface area contributed by atoms with Crippen LogP contribution in [0.5, 0.6) is 0 Å². The molecule has 0 radical (unpaired) electrons. The van der Waals surface area contributed by atoms with Gasteiger partial charge in [-0.3, -0.25) is 4.79 Å². The van der Waals surface area contributed by atoms with Crippen LogP contribution in [0.1, 0.15) is 18.9 Å². The lowest BCUT2D eigenvalue weighted by Crippen LogP contribution is -2.35. The summed E-state index contributed by atoms with van der Waals surface area (Å²) in [6.07, 6.45) is 5.18. The van der Waals surface area contributed by atoms with Crippen LogP contribution in [0.3, 0.4) is 0 Å². The van der Waals surface area contributed by atoms with Gasteiger partial charge in [0.25, 0.3) is 0 Å². The van der Waals surface area contributed by atoms with Crippen molar-refractivity contribution < 1.29 is 14.7 Å². The Bertz CT molecular complexity index is 542. The molecule has 6 heteroatoms. The van der Waals surface area contributed by atoms with Gasteiger partial charge in [-0.15, -0.1) is 0 Å². The maximum atomic E-state index is 11.1. The Morgan fingerprint density at radius 1 is 1.55 bits per heavy atom. The minimum absolute atomic E-state index is 0.0381. The van der Waals surface area contributed by atoms with Crippen LogP contribution in [0, 0.1) is 0 Å². The predicted molar refractivity (Wildman–Crippen MR) is 75.3 cm³/mol. The lowest BCUT2D eigenvalue weighted by molar-refractivity contribution is -0.131. The molecule has 0 aliphatic carbocycles. The number of pyridine rings is 1. The normalized spacial score (nSPS) is 18.4. The number of rotatable bonds is 4. The summed E-state index contributed by atoms with van der Waals surface area (Å²) in [5.74, 6) is -0.279. The molecule has 106 valence electrons. The average molecular weight is 275 g/mol. The minimum Gasteiger partial charge on any atom is -0.478 e. The van der Waals surface area contributed by atoms with E-state index in [0.29, 0.717) is 6.54 Å². The molecule has 0 saturated carbocycles. The first kappa shape index (κ1) is 14.0. The van der Waals surface area contributed by atoms with Crippen LogP contribution < -0.4 is 10.2 Å². The molecule has 1 amide bonds. The second-order valence-corrected chi connectivity index (χ2v) is 4.72. The van der Waals surface area contributed by atoms with Crippen molar-refractivity contribution in [2.45, 2.75) is 19.4 Å². The second kappa shape index (κ2) is 6.18. The van der Waals surface area contributed by atoms with Gasteiger partial charge in [-0.05, 0) is 24.6 Å². The van der Waals surface area contributed by atoms with Gasteiger partial charge in [0, 0.05) is 43.9 Å². The van der Waals surface area contributed by atoms with E-state index >= 15 is 0 Å². The Hall–Kier alpha value is -2.37. The predicted octanol–water partition coefficient (Wildman–Crippen LogP) is 0.894. The fourth-order valence-electron chi connectivity index (χ4n) is 2.32. The van der Waals surface area contributed by atoms with Crippen molar-refractivity contribution in [3.05, 3.63) is 30.0 Å². The molecule has 6 nitrogen and oxygen atoms in total. The summed E-state index contributed by atoms with van der Waals surface area (Å²) in [5.41, 5.74) is 0.762. The molecule has 0 bridgehead atoms. The first-order valence-electron chi connectivity index (χ1n) is 6.44. The zero-order valence-corrected chi connectivity index (χ0v) is 11.2. The van der Waals surface area contributed by atoms with Crippen LogP contribution in [-0.2, 0) is 9.59 Å². The molecule has 2 heterocycles. The maximum absolute atomic E-state index is 11.1. The smallest absolute Gasteiger partial charge is 0.328 e. The molecule has 20 heavy (non-hydrogen) atoms. The number of hydrogen-bond donors (Lipinski definition) is 2. The van der Waals surface area contributed by atoms with Gasteiger partial charge in [0.05, 0.1) is 0 Å². The van der Waals surface area contributed by atoms with Crippen molar-refractivity contribution in [3.63, 3.8) is 0 Å². The van der Waals surface area contributed by atoms with E-state index in [1.807, 2.05) is 6.07 Å². The Kier molecular flexibility index (Phi) is 4.34. The molecule has 1 aliphatic heterocycles. The number of amides is 1. The number of anilines is 1. The monoisotopic (exact) mass is 275 g/mol. The largest absolute Gasteiger partial charge is 0.478 e. The SMILES string of the molecule is CC(=O)NC1CCN(c2ncccc2/C=C/C(=O)O)C1. The third-order valence-corrected chi connectivity index (χ3v) is 3.12. The number of aliphatic carboxylic acids is 1. The molecule has 2 rings (SSSR count). The van der Waals surface area contributed by atoms with Crippen LogP contribution >= 0.6 is 0 Å². The Balaban J connectivity index is 2.13. The number of nitrogens with one attached hydrogen (secondary N) is 1. The number of carboxylic acids is 1. The molecule has 1 saturated heterocycles. The topological polar surface area (TPSA) is 82.5 Å². The molecule has 1 aromatic heterocycles. The molecule has 1 unspecified atom stereocenters. The third kappa shape index (κ3) is 3.57. The highest BCUT2D eigenvalue weighted by molar-refractivity contribution is 5.86. The van der Waals surface area contributed by atoms with Crippen molar-refractivity contribution in [3.8, 4) is 0 Å². The molecule has 1 atom stereocenters. The lowest BCUT2D eigenvalue weighted by Gasteiger charge is -2.19. The van der Waals surface area contributed by atoms with Gasteiger partial charge >= 0.3 is 5.97 Å². The van der Waals surface area contributed by atoms with Crippen molar-refractivity contribution in [2.75, 3.05) is 18.0 Å². The first-order chi connectivity index (χ1) is 9.56. The zero-order valence-electron chi connectivity index (χ0n) is 11.2. The van der Waals surface area contributed by atoms with Crippen molar-refractivity contribution >= 4 is 23.8 Å². The van der Waals surface area contributed by atoms with E-state index in [-0.39, 0.29) is 11.9 Å². The fourth-order valence-corrected chi connectivity index (χ4v) is 2.32. The summed E-state index contributed by atoms with van der Waals surface area (Å²) in [5, 5.41) is 11.6. The molecular formula is C14H17N3O3. The van der Waals surface area contributed by atoms with Gasteiger partial charge in [-0.1, -0.05) is 0 Å². The Morgan fingerprint density at radius 2 is 2.35 bits per heavy atom. The number of aromatic nitrogens is 1. The van der Waals surface area contributed by atoms with Gasteiger partial charge in [0.15, 0.2) is 0 Å². The highest BCUT2D eigenvalue weighted by Crippen LogP contribution is 2.23. The van der Waals surface area contributed by atoms with Gasteiger partial charge in [0.1, 0.15) is 5.82 Å². The first-order valence-corrected chi connectivity index (χ1v) is 6.44. The summed E-state index contributed by atoms with van der Waals surface area (Å²) in [7, 11) is 0. The molecule has 1 aliphatic rings. The zero-order chi connectivity index (χ0) is 14.5. The molecule has 1 fully saturated rings. The van der Waals surface area contributed by atoms with Crippen LogP contribution in [0.4, 0.5) is 5.82 Å². The standard InChI is InChI=1S/C14H17N3O3/c1-10(18)16-12-6-8-17(9-12)14-11(3-2-7-15-14)4-5-13(19)20/h2-5,7,12H,6,8-9H2,1H3,(H,16,18)(H,19,20)/b5-4+. The summed E-state index contributed by atoms with van der Waals surface area (Å²) >= 11 is 0. The van der Waals surface area contributed by atoms with E-state index < -0.39 is 5.97 Å². The Labute approximate surface area is 117 Å². The highest BCUT2D eigenvalue weighted by Gasteiger charge is 2.24. The van der Waals surface area contributed by atoms with Gasteiger partial charge in [-0.25, -0.2) is 9.78 Å². The number of nitrogens with zero attached hydrogens (tertiary/aromatic N) is 2. The van der Waals surface area contributed by atoms with E-state index in [4.69, 9.17) is 5.11 Å². The van der Waals surface area contributed by atoms with E-state index in [9.17, 15) is 9.59 Å². The quantitative estimate of drug-likeness (QED) is 0.798. The number of carbonyl (C=O) groups is 2. The van der Waals surface area contributed by atoms with Gasteiger partial charge in [0.2, 0.25) is 5.91 Å². The molecule has 2 N–H and O–H groups in total. The summed E-state index contributed by atoms with van der Waals surface area (Å²) in [6.45, 7) is 2.98. The molecule has 0 aromatic carbocycles. The van der Waals surface area contributed by atoms with Crippen LogP contribution in [0.15, 0.2) is 24.4 Å². The van der Waals surface area contributed by atoms with E-state index in [1.54, 1.807) is 12.3 Å². The Morgan fingerprint density at radius 3 is 3.05 bits per heavy atom. The van der Waals surface area contributed by atoms with Crippen LogP contribution in [-0.4, -0.2) is 41.1 Å². The fraction of sp³-hybridized carbons (Fsp3) is 0.357. The third-order valence-electron chi connectivity index (χ3n) is 3.12. The summed E-state index contributed by atoms with van der Waals surface area (Å²) < 4.78 is 0. The molecule has 1 aromatic rings. The maximum Gasteiger partial charge on any atom is 0.328 e. The molecule has 0 spiro atoms. The van der Waals surface area contributed by atoms with Gasteiger partial charge in [-0.2, -0.15) is 0 Å². The van der Waals surface area contributed by atoms with E-state index in [0.717, 1.165) is 30.4 Å². The van der Waals surface area contributed by atoms with E-state index in [1.165, 1.54) is 13.0 Å². The van der Waals surface area contributed by atoms with Crippen molar-refractivity contribution in [2.24, 2.45) is 0 Å². The number of carboxylic acid groups (broad SMARTS) is 1. The number of carbonyl (C=O) groups excluding carboxylic acids is 1. The van der Waals surface area contributed by atoms with Crippen molar-refractivity contribution in [1.82, 2.24) is 10.3 Å². The van der Waals surface area contributed by atoms with Crippen molar-refractivity contribution in [1.29, 1.82) is 0 Å². The lowest BCUT2D eigenvalue weighted by atomic mass is 10.2. The molecular weight excluding hydrogens is 258 g/mol. The minimum atomic E-state index is -0.989. The van der Waals surface area contributed by atoms with Crippen LogP contribution in [0.25, 0.3) is 6.08 Å². The summed E-state index contributed by atoms with van der Waals surface area (Å²) in [6, 6.07) is 3.71. The van der Waals surface area contributed by atoms with E-state index in [2.05, 4.69) is 15.2 Å². The summed E-state index contributed by atoms with van der Waals surface area (Å²) in [4.78, 5) is 28.1.